The van der Waals surface area contributed by atoms with Crippen molar-refractivity contribution in [1.29, 1.82) is 0 Å². The highest BCUT2D eigenvalue weighted by molar-refractivity contribution is 7.89. The van der Waals surface area contributed by atoms with Crippen LogP contribution in [0.5, 0.6) is 0 Å². The average Bonchev–Trinajstić information content (AvgIpc) is 2.57. The molecule has 1 aliphatic heterocycles. The number of benzene rings is 2. The Bertz CT molecular complexity index is 957. The summed E-state index contributed by atoms with van der Waals surface area (Å²) in [6.07, 6.45) is 1.96. The Morgan fingerprint density at radius 1 is 0.920 bits per heavy atom. The van der Waals surface area contributed by atoms with Crippen molar-refractivity contribution in [3.63, 3.8) is 0 Å². The van der Waals surface area contributed by atoms with E-state index in [-0.39, 0.29) is 11.4 Å². The second-order valence-corrected chi connectivity index (χ2v) is 8.31. The summed E-state index contributed by atoms with van der Waals surface area (Å²) in [6.45, 7) is 6.11. The molecule has 0 saturated heterocycles. The molecule has 25 heavy (non-hydrogen) atoms. The van der Waals surface area contributed by atoms with Crippen molar-refractivity contribution in [3.05, 3.63) is 70.8 Å². The van der Waals surface area contributed by atoms with Crippen LogP contribution in [0.4, 0.5) is 0 Å². The van der Waals surface area contributed by atoms with Gasteiger partial charge in [-0.1, -0.05) is 35.9 Å². The van der Waals surface area contributed by atoms with Gasteiger partial charge in [-0.25, -0.2) is 12.7 Å². The molecule has 0 aromatic heterocycles. The SMILES string of the molecule is Cc1ccc(S(=O)(=O)N2CCC(c3ccc(C)c(C)c3)=CC2=O)cc1. The first-order valence-electron chi connectivity index (χ1n) is 8.20. The zero-order valence-corrected chi connectivity index (χ0v) is 15.4. The van der Waals surface area contributed by atoms with Crippen LogP contribution in [0.2, 0.25) is 0 Å². The number of nitrogens with zero attached hydrogens (tertiary/aromatic N) is 1. The summed E-state index contributed by atoms with van der Waals surface area (Å²) in [7, 11) is -3.81. The van der Waals surface area contributed by atoms with Crippen LogP contribution in [0.25, 0.3) is 5.57 Å². The van der Waals surface area contributed by atoms with Gasteiger partial charge in [-0.2, -0.15) is 0 Å². The molecule has 1 aliphatic rings. The highest BCUT2D eigenvalue weighted by Crippen LogP contribution is 2.28. The Morgan fingerprint density at radius 3 is 2.20 bits per heavy atom. The second kappa shape index (κ2) is 6.48. The zero-order chi connectivity index (χ0) is 18.2. The number of aryl methyl sites for hydroxylation is 3. The third-order valence-corrected chi connectivity index (χ3v) is 6.43. The van der Waals surface area contributed by atoms with E-state index in [1.54, 1.807) is 24.3 Å². The van der Waals surface area contributed by atoms with Crippen LogP contribution in [0, 0.1) is 20.8 Å². The highest BCUT2D eigenvalue weighted by Gasteiger charge is 2.31. The summed E-state index contributed by atoms with van der Waals surface area (Å²) in [5.41, 5.74) is 5.17. The smallest absolute Gasteiger partial charge is 0.266 e. The Hall–Kier alpha value is -2.40. The van der Waals surface area contributed by atoms with Crippen molar-refractivity contribution in [2.75, 3.05) is 6.54 Å². The third kappa shape index (κ3) is 3.37. The first-order valence-corrected chi connectivity index (χ1v) is 9.64. The number of amides is 1. The first kappa shape index (κ1) is 17.4. The van der Waals surface area contributed by atoms with Crippen molar-refractivity contribution >= 4 is 21.5 Å². The molecular formula is C20H21NO3S. The Balaban J connectivity index is 1.90. The van der Waals surface area contributed by atoms with Gasteiger partial charge in [0.25, 0.3) is 15.9 Å². The molecule has 0 aliphatic carbocycles. The summed E-state index contributed by atoms with van der Waals surface area (Å²) in [4.78, 5) is 12.6. The Kier molecular flexibility index (Phi) is 4.52. The maximum atomic E-state index is 12.7. The van der Waals surface area contributed by atoms with Crippen molar-refractivity contribution in [1.82, 2.24) is 4.31 Å². The van der Waals surface area contributed by atoms with E-state index in [4.69, 9.17) is 0 Å². The third-order valence-electron chi connectivity index (χ3n) is 4.61. The number of rotatable bonds is 3. The van der Waals surface area contributed by atoms with E-state index < -0.39 is 15.9 Å². The molecule has 0 fully saturated rings. The number of sulfonamides is 1. The standard InChI is InChI=1S/C20H21NO3S/c1-14-4-8-19(9-5-14)25(23,24)21-11-10-18(13-20(21)22)17-7-6-15(2)16(3)12-17/h4-9,12-13H,10-11H2,1-3H3. The molecule has 2 aromatic rings. The van der Waals surface area contributed by atoms with E-state index in [1.165, 1.54) is 11.6 Å². The summed E-state index contributed by atoms with van der Waals surface area (Å²) in [6, 6.07) is 12.6. The van der Waals surface area contributed by atoms with Crippen LogP contribution in [0.15, 0.2) is 53.4 Å². The number of carbonyl (C=O) groups excluding carboxylic acids is 1. The monoisotopic (exact) mass is 355 g/mol. The molecule has 0 atom stereocenters. The molecule has 2 aromatic carbocycles. The fourth-order valence-electron chi connectivity index (χ4n) is 2.87. The summed E-state index contributed by atoms with van der Waals surface area (Å²) in [5.74, 6) is -0.486. The quantitative estimate of drug-likeness (QED) is 0.845. The molecule has 0 N–H and O–H groups in total. The topological polar surface area (TPSA) is 54.5 Å². The molecule has 0 radical (unpaired) electrons. The molecule has 5 heteroatoms. The van der Waals surface area contributed by atoms with E-state index in [1.807, 2.05) is 39.0 Å². The number of hydrogen-bond acceptors (Lipinski definition) is 3. The summed E-state index contributed by atoms with van der Waals surface area (Å²) >= 11 is 0. The van der Waals surface area contributed by atoms with Gasteiger partial charge < -0.3 is 0 Å². The van der Waals surface area contributed by atoms with Crippen LogP contribution in [-0.4, -0.2) is 25.2 Å². The van der Waals surface area contributed by atoms with E-state index in [0.717, 1.165) is 26.6 Å². The lowest BCUT2D eigenvalue weighted by Crippen LogP contribution is -2.39. The van der Waals surface area contributed by atoms with Gasteiger partial charge in [0.1, 0.15) is 0 Å². The normalized spacial score (nSPS) is 15.2. The van der Waals surface area contributed by atoms with Crippen molar-refractivity contribution in [3.8, 4) is 0 Å². The van der Waals surface area contributed by atoms with E-state index in [9.17, 15) is 13.2 Å². The lowest BCUT2D eigenvalue weighted by molar-refractivity contribution is -0.121. The number of carbonyl (C=O) groups is 1. The molecule has 1 amide bonds. The highest BCUT2D eigenvalue weighted by atomic mass is 32.2. The minimum atomic E-state index is -3.81. The van der Waals surface area contributed by atoms with Crippen LogP contribution >= 0.6 is 0 Å². The maximum absolute atomic E-state index is 12.7. The average molecular weight is 355 g/mol. The minimum Gasteiger partial charge on any atom is -0.269 e. The van der Waals surface area contributed by atoms with Gasteiger partial charge in [-0.05, 0) is 61.6 Å². The van der Waals surface area contributed by atoms with Gasteiger partial charge in [0, 0.05) is 12.6 Å². The molecule has 4 nitrogen and oxygen atoms in total. The lowest BCUT2D eigenvalue weighted by Gasteiger charge is -2.26. The molecule has 0 unspecified atom stereocenters. The van der Waals surface area contributed by atoms with Gasteiger partial charge in [0.2, 0.25) is 0 Å². The van der Waals surface area contributed by atoms with E-state index in [2.05, 4.69) is 0 Å². The largest absolute Gasteiger partial charge is 0.269 e. The van der Waals surface area contributed by atoms with Crippen molar-refractivity contribution < 1.29 is 13.2 Å². The molecule has 3 rings (SSSR count). The molecule has 0 saturated carbocycles. The fraction of sp³-hybridized carbons (Fsp3) is 0.250. The fourth-order valence-corrected chi connectivity index (χ4v) is 4.23. The number of hydrogen-bond donors (Lipinski definition) is 0. The molecule has 0 bridgehead atoms. The lowest BCUT2D eigenvalue weighted by atomic mass is 9.96. The van der Waals surface area contributed by atoms with Gasteiger partial charge in [-0.15, -0.1) is 0 Å². The maximum Gasteiger partial charge on any atom is 0.266 e. The van der Waals surface area contributed by atoms with Crippen LogP contribution in [-0.2, 0) is 14.8 Å². The van der Waals surface area contributed by atoms with Crippen molar-refractivity contribution in [2.24, 2.45) is 0 Å². The van der Waals surface area contributed by atoms with Crippen molar-refractivity contribution in [2.45, 2.75) is 32.1 Å². The Morgan fingerprint density at radius 2 is 1.60 bits per heavy atom. The molecule has 1 heterocycles. The van der Waals surface area contributed by atoms with Crippen LogP contribution in [0.1, 0.15) is 28.7 Å². The zero-order valence-electron chi connectivity index (χ0n) is 14.6. The van der Waals surface area contributed by atoms with Gasteiger partial charge in [0.15, 0.2) is 0 Å². The summed E-state index contributed by atoms with van der Waals surface area (Å²) in [5, 5.41) is 0. The predicted molar refractivity (Wildman–Crippen MR) is 98.6 cm³/mol. The van der Waals surface area contributed by atoms with Crippen LogP contribution in [0.3, 0.4) is 0 Å². The Labute approximate surface area is 148 Å². The molecule has 0 spiro atoms. The molecule has 130 valence electrons. The van der Waals surface area contributed by atoms with E-state index in [0.29, 0.717) is 6.42 Å². The van der Waals surface area contributed by atoms with Gasteiger partial charge in [0.05, 0.1) is 4.90 Å². The summed E-state index contributed by atoms with van der Waals surface area (Å²) < 4.78 is 26.4. The predicted octanol–water partition coefficient (Wildman–Crippen LogP) is 3.62. The van der Waals surface area contributed by atoms with E-state index >= 15 is 0 Å². The molecular weight excluding hydrogens is 334 g/mol. The van der Waals surface area contributed by atoms with Gasteiger partial charge >= 0.3 is 0 Å². The van der Waals surface area contributed by atoms with Crippen LogP contribution < -0.4 is 0 Å². The second-order valence-electron chi connectivity index (χ2n) is 6.45. The first-order chi connectivity index (χ1) is 11.8. The van der Waals surface area contributed by atoms with Gasteiger partial charge in [-0.3, -0.25) is 4.79 Å². The minimum absolute atomic E-state index is 0.148.